The molecule has 1 aromatic rings. The number of rotatable bonds is 3. The molecular weight excluding hydrogens is 303 g/mol. The highest BCUT2D eigenvalue weighted by atomic mass is 35.5. The minimum atomic E-state index is -4.50. The highest BCUT2D eigenvalue weighted by Crippen LogP contribution is 2.48. The Morgan fingerprint density at radius 2 is 1.86 bits per heavy atom. The number of hydrogen-bond donors (Lipinski definition) is 1. The average Bonchev–Trinajstić information content (AvgIpc) is 2.46. The van der Waals surface area contributed by atoms with Gasteiger partial charge in [0.15, 0.2) is 0 Å². The zero-order valence-corrected chi connectivity index (χ0v) is 12.7. The van der Waals surface area contributed by atoms with E-state index in [4.69, 9.17) is 22.1 Å². The lowest BCUT2D eigenvalue weighted by Gasteiger charge is -2.38. The lowest BCUT2D eigenvalue weighted by molar-refractivity contribution is -0.138. The quantitative estimate of drug-likeness (QED) is 0.887. The fourth-order valence-corrected chi connectivity index (χ4v) is 3.45. The third-order valence-corrected chi connectivity index (χ3v) is 4.55. The van der Waals surface area contributed by atoms with E-state index >= 15 is 0 Å². The Bertz CT molecular complexity index is 510. The van der Waals surface area contributed by atoms with Crippen LogP contribution in [0.2, 0.25) is 5.02 Å². The molecule has 1 fully saturated rings. The molecule has 2 N–H and O–H groups in total. The van der Waals surface area contributed by atoms with Crippen LogP contribution in [0.25, 0.3) is 0 Å². The molecule has 1 aromatic carbocycles. The van der Waals surface area contributed by atoms with Crippen molar-refractivity contribution in [3.8, 4) is 5.75 Å². The van der Waals surface area contributed by atoms with Gasteiger partial charge in [-0.3, -0.25) is 0 Å². The van der Waals surface area contributed by atoms with Gasteiger partial charge in [-0.2, -0.15) is 13.2 Å². The zero-order chi connectivity index (χ0) is 15.7. The summed E-state index contributed by atoms with van der Waals surface area (Å²) in [5.74, 6) is -0.140. The highest BCUT2D eigenvalue weighted by Gasteiger charge is 2.41. The van der Waals surface area contributed by atoms with Gasteiger partial charge in [0.25, 0.3) is 0 Å². The molecule has 0 amide bonds. The predicted octanol–water partition coefficient (Wildman–Crippen LogP) is 4.53. The van der Waals surface area contributed by atoms with Gasteiger partial charge < -0.3 is 10.5 Å². The summed E-state index contributed by atoms with van der Waals surface area (Å²) in [6.07, 6.45) is 0.00362. The number of benzene rings is 1. The van der Waals surface area contributed by atoms with E-state index in [0.717, 1.165) is 38.2 Å². The van der Waals surface area contributed by atoms with Crippen LogP contribution in [0, 0.1) is 0 Å². The first kappa shape index (κ1) is 16.4. The van der Waals surface area contributed by atoms with Crippen LogP contribution in [-0.2, 0) is 11.6 Å². The first-order chi connectivity index (χ1) is 9.84. The largest absolute Gasteiger partial charge is 0.496 e. The van der Waals surface area contributed by atoms with E-state index in [0.29, 0.717) is 12.1 Å². The summed E-state index contributed by atoms with van der Waals surface area (Å²) in [5.41, 5.74) is 5.11. The molecule has 21 heavy (non-hydrogen) atoms. The number of alkyl halides is 3. The van der Waals surface area contributed by atoms with Gasteiger partial charge in [0.1, 0.15) is 5.75 Å². The van der Waals surface area contributed by atoms with Crippen LogP contribution in [0.1, 0.15) is 43.2 Å². The first-order valence-electron chi connectivity index (χ1n) is 6.99. The number of nitrogens with two attached hydrogens (primary N) is 1. The van der Waals surface area contributed by atoms with Crippen LogP contribution < -0.4 is 10.5 Å². The van der Waals surface area contributed by atoms with Crippen LogP contribution in [0.3, 0.4) is 0 Å². The van der Waals surface area contributed by atoms with Crippen LogP contribution in [0.15, 0.2) is 12.1 Å². The molecule has 1 aliphatic carbocycles. The molecule has 0 spiro atoms. The summed E-state index contributed by atoms with van der Waals surface area (Å²) >= 11 is 5.93. The molecule has 0 bridgehead atoms. The Morgan fingerprint density at radius 3 is 2.33 bits per heavy atom. The first-order valence-corrected chi connectivity index (χ1v) is 7.37. The Morgan fingerprint density at radius 1 is 1.24 bits per heavy atom. The summed E-state index contributed by atoms with van der Waals surface area (Å²) in [5, 5.41) is 0.0662. The molecule has 2 nitrogen and oxygen atoms in total. The van der Waals surface area contributed by atoms with E-state index in [-0.39, 0.29) is 10.8 Å². The van der Waals surface area contributed by atoms with Crippen molar-refractivity contribution in [3.63, 3.8) is 0 Å². The van der Waals surface area contributed by atoms with Crippen LogP contribution in [0.5, 0.6) is 5.75 Å². The van der Waals surface area contributed by atoms with Gasteiger partial charge in [-0.05, 0) is 25.0 Å². The lowest BCUT2D eigenvalue weighted by Crippen LogP contribution is -2.37. The van der Waals surface area contributed by atoms with E-state index in [9.17, 15) is 13.2 Å². The molecule has 1 saturated carbocycles. The Kier molecular flexibility index (Phi) is 4.73. The molecule has 0 heterocycles. The summed E-state index contributed by atoms with van der Waals surface area (Å²) in [7, 11) is 1.26. The van der Waals surface area contributed by atoms with Gasteiger partial charge in [-0.25, -0.2) is 0 Å². The molecule has 118 valence electrons. The molecule has 0 aliphatic heterocycles. The molecule has 2 rings (SSSR count). The van der Waals surface area contributed by atoms with E-state index in [1.807, 2.05) is 0 Å². The monoisotopic (exact) mass is 321 g/mol. The molecule has 1 aliphatic rings. The van der Waals surface area contributed by atoms with Crippen molar-refractivity contribution < 1.29 is 17.9 Å². The van der Waals surface area contributed by atoms with Crippen LogP contribution in [0.4, 0.5) is 13.2 Å². The van der Waals surface area contributed by atoms with E-state index in [2.05, 4.69) is 0 Å². The number of ether oxygens (including phenoxy) is 1. The molecule has 0 saturated heterocycles. The standard InChI is InChI=1S/C15H19ClF3NO/c1-21-13-11(14(9-20)5-3-2-4-6-14)7-10(16)8-12(13)15(17,18)19/h7-8H,2-6,9,20H2,1H3. The number of halogens is 4. The van der Waals surface area contributed by atoms with Crippen molar-refractivity contribution in [2.24, 2.45) is 5.73 Å². The Hall–Kier alpha value is -0.940. The number of methoxy groups -OCH3 is 1. The van der Waals surface area contributed by atoms with Crippen molar-refractivity contribution in [2.75, 3.05) is 13.7 Å². The van der Waals surface area contributed by atoms with Gasteiger partial charge in [0, 0.05) is 22.5 Å². The molecule has 0 aromatic heterocycles. The van der Waals surface area contributed by atoms with Gasteiger partial charge in [0.05, 0.1) is 12.7 Å². The minimum Gasteiger partial charge on any atom is -0.496 e. The summed E-state index contributed by atoms with van der Waals surface area (Å²) in [4.78, 5) is 0. The van der Waals surface area contributed by atoms with Gasteiger partial charge in [0.2, 0.25) is 0 Å². The second-order valence-corrected chi connectivity index (χ2v) is 6.01. The zero-order valence-electron chi connectivity index (χ0n) is 11.9. The molecule has 6 heteroatoms. The predicted molar refractivity (Wildman–Crippen MR) is 76.8 cm³/mol. The van der Waals surface area contributed by atoms with Crippen LogP contribution >= 0.6 is 11.6 Å². The molecule has 0 atom stereocenters. The topological polar surface area (TPSA) is 35.2 Å². The average molecular weight is 322 g/mol. The van der Waals surface area contributed by atoms with Crippen molar-refractivity contribution in [2.45, 2.75) is 43.7 Å². The molecular formula is C15H19ClF3NO. The summed E-state index contributed by atoms with van der Waals surface area (Å²) in [6.45, 7) is 0.293. The van der Waals surface area contributed by atoms with Crippen molar-refractivity contribution in [1.82, 2.24) is 0 Å². The smallest absolute Gasteiger partial charge is 0.420 e. The van der Waals surface area contributed by atoms with Crippen molar-refractivity contribution in [1.29, 1.82) is 0 Å². The normalized spacial score (nSPS) is 18.6. The van der Waals surface area contributed by atoms with E-state index in [1.165, 1.54) is 7.11 Å². The maximum atomic E-state index is 13.2. The minimum absolute atomic E-state index is 0.0662. The second kappa shape index (κ2) is 6.05. The van der Waals surface area contributed by atoms with E-state index in [1.54, 1.807) is 6.07 Å². The van der Waals surface area contributed by atoms with Crippen molar-refractivity contribution >= 4 is 11.6 Å². The number of hydrogen-bond acceptors (Lipinski definition) is 2. The summed E-state index contributed by atoms with van der Waals surface area (Å²) in [6, 6.07) is 2.49. The maximum Gasteiger partial charge on any atom is 0.420 e. The maximum absolute atomic E-state index is 13.2. The fourth-order valence-electron chi connectivity index (χ4n) is 3.23. The SMILES string of the molecule is COc1c(C(F)(F)F)cc(Cl)cc1C1(CN)CCCCC1. The second-order valence-electron chi connectivity index (χ2n) is 5.58. The van der Waals surface area contributed by atoms with Gasteiger partial charge in [-0.15, -0.1) is 0 Å². The highest BCUT2D eigenvalue weighted by molar-refractivity contribution is 6.30. The fraction of sp³-hybridized carbons (Fsp3) is 0.600. The Balaban J connectivity index is 2.64. The van der Waals surface area contributed by atoms with Gasteiger partial charge in [-0.1, -0.05) is 30.9 Å². The summed E-state index contributed by atoms with van der Waals surface area (Å²) < 4.78 is 44.8. The van der Waals surface area contributed by atoms with Crippen molar-refractivity contribution in [3.05, 3.63) is 28.3 Å². The van der Waals surface area contributed by atoms with Gasteiger partial charge >= 0.3 is 6.18 Å². The molecule has 0 radical (unpaired) electrons. The van der Waals surface area contributed by atoms with E-state index < -0.39 is 17.2 Å². The Labute approximate surface area is 127 Å². The lowest BCUT2D eigenvalue weighted by atomic mass is 9.69. The third-order valence-electron chi connectivity index (χ3n) is 4.34. The molecule has 0 unspecified atom stereocenters. The third kappa shape index (κ3) is 3.14. The van der Waals surface area contributed by atoms with Crippen LogP contribution in [-0.4, -0.2) is 13.7 Å².